The molecular weight excluding hydrogens is 296 g/mol. The van der Waals surface area contributed by atoms with Crippen LogP contribution in [-0.2, 0) is 0 Å². The van der Waals surface area contributed by atoms with Crippen molar-refractivity contribution in [2.75, 3.05) is 0 Å². The molecule has 3 heteroatoms. The molecule has 0 spiro atoms. The maximum absolute atomic E-state index is 12.4. The van der Waals surface area contributed by atoms with Crippen molar-refractivity contribution in [3.63, 3.8) is 0 Å². The molecule has 1 aromatic carbocycles. The smallest absolute Gasteiger partial charge is 0.267 e. The summed E-state index contributed by atoms with van der Waals surface area (Å²) in [5, 5.41) is 4.56. The number of carbonyl (C=O) groups is 1. The first-order valence-corrected chi connectivity index (χ1v) is 9.37. The molecule has 1 amide bonds. The van der Waals surface area contributed by atoms with E-state index in [1.165, 1.54) is 44.1 Å². The molecule has 5 rings (SSSR count). The monoisotopic (exact) mass is 324 g/mol. The number of nitrogens with one attached hydrogen (secondary N) is 1. The van der Waals surface area contributed by atoms with Crippen LogP contribution in [0.25, 0.3) is 0 Å². The lowest BCUT2D eigenvalue weighted by atomic mass is 9.48. The fourth-order valence-electron chi connectivity index (χ4n) is 5.75. The van der Waals surface area contributed by atoms with Gasteiger partial charge in [0.2, 0.25) is 0 Å². The van der Waals surface area contributed by atoms with E-state index in [0.29, 0.717) is 5.56 Å². The third-order valence-corrected chi connectivity index (χ3v) is 6.90. The van der Waals surface area contributed by atoms with Crippen LogP contribution < -0.4 is 5.43 Å². The topological polar surface area (TPSA) is 41.5 Å². The van der Waals surface area contributed by atoms with Crippen LogP contribution in [0.2, 0.25) is 0 Å². The minimum absolute atomic E-state index is 0.0952. The van der Waals surface area contributed by atoms with Gasteiger partial charge in [0.15, 0.2) is 0 Å². The van der Waals surface area contributed by atoms with Crippen LogP contribution in [0.3, 0.4) is 0 Å². The zero-order chi connectivity index (χ0) is 16.9. The van der Waals surface area contributed by atoms with Gasteiger partial charge in [0.1, 0.15) is 0 Å². The maximum Gasteiger partial charge on any atom is 0.271 e. The SMILES string of the molecule is CC(=NNC(=O)c1ccc(C)c(C)c1)C12CC3CC(CC(C3)C1)C2. The van der Waals surface area contributed by atoms with Gasteiger partial charge in [0.25, 0.3) is 5.91 Å². The number of rotatable bonds is 3. The number of amides is 1. The van der Waals surface area contributed by atoms with Crippen LogP contribution in [-0.4, -0.2) is 11.6 Å². The number of hydrazone groups is 1. The highest BCUT2D eigenvalue weighted by Crippen LogP contribution is 2.60. The zero-order valence-electron chi connectivity index (χ0n) is 15.1. The van der Waals surface area contributed by atoms with E-state index in [1.807, 2.05) is 25.1 Å². The van der Waals surface area contributed by atoms with E-state index < -0.39 is 0 Å². The predicted octanol–water partition coefficient (Wildman–Crippen LogP) is 4.63. The molecule has 0 heterocycles. The average Bonchev–Trinajstić information content (AvgIpc) is 2.53. The second kappa shape index (κ2) is 5.72. The van der Waals surface area contributed by atoms with Gasteiger partial charge >= 0.3 is 0 Å². The van der Waals surface area contributed by atoms with Gasteiger partial charge < -0.3 is 0 Å². The van der Waals surface area contributed by atoms with Gasteiger partial charge in [-0.3, -0.25) is 4.79 Å². The first kappa shape index (κ1) is 15.9. The number of nitrogens with zero attached hydrogens (tertiary/aromatic N) is 1. The standard InChI is InChI=1S/C21H28N2O/c1-13-4-5-19(6-14(13)2)20(24)23-22-15(3)21-10-16-7-17(11-21)9-18(8-16)12-21/h4-6,16-18H,7-12H2,1-3H3,(H,23,24). The molecule has 0 radical (unpaired) electrons. The molecule has 4 fully saturated rings. The van der Waals surface area contributed by atoms with E-state index in [4.69, 9.17) is 0 Å². The average molecular weight is 324 g/mol. The molecule has 24 heavy (non-hydrogen) atoms. The van der Waals surface area contributed by atoms with Crippen molar-refractivity contribution in [2.24, 2.45) is 28.3 Å². The van der Waals surface area contributed by atoms with Gasteiger partial charge in [-0.25, -0.2) is 5.43 Å². The first-order chi connectivity index (χ1) is 11.4. The van der Waals surface area contributed by atoms with Crippen molar-refractivity contribution < 1.29 is 4.79 Å². The molecular formula is C21H28N2O. The third kappa shape index (κ3) is 2.68. The Morgan fingerprint density at radius 1 is 1.04 bits per heavy atom. The number of carbonyl (C=O) groups excluding carboxylic acids is 1. The second-order valence-electron chi connectivity index (χ2n) is 8.64. The van der Waals surface area contributed by atoms with E-state index in [1.54, 1.807) is 0 Å². The van der Waals surface area contributed by atoms with Crippen molar-refractivity contribution in [1.29, 1.82) is 0 Å². The Balaban J connectivity index is 1.49. The first-order valence-electron chi connectivity index (χ1n) is 9.37. The van der Waals surface area contributed by atoms with Crippen LogP contribution in [0, 0.1) is 37.0 Å². The predicted molar refractivity (Wildman–Crippen MR) is 97.1 cm³/mol. The van der Waals surface area contributed by atoms with Gasteiger partial charge in [-0.2, -0.15) is 5.10 Å². The fraction of sp³-hybridized carbons (Fsp3) is 0.619. The highest BCUT2D eigenvalue weighted by Gasteiger charge is 2.52. The molecule has 4 bridgehead atoms. The minimum atomic E-state index is -0.0952. The summed E-state index contributed by atoms with van der Waals surface area (Å²) in [5.74, 6) is 2.60. The Hall–Kier alpha value is -1.64. The van der Waals surface area contributed by atoms with Gasteiger partial charge in [-0.05, 0) is 100 Å². The lowest BCUT2D eigenvalue weighted by Gasteiger charge is -2.56. The molecule has 0 unspecified atom stereocenters. The number of hydrogen-bond acceptors (Lipinski definition) is 2. The van der Waals surface area contributed by atoms with E-state index in [-0.39, 0.29) is 11.3 Å². The van der Waals surface area contributed by atoms with E-state index in [9.17, 15) is 4.79 Å². The molecule has 4 aliphatic carbocycles. The van der Waals surface area contributed by atoms with Crippen LogP contribution in [0.4, 0.5) is 0 Å². The molecule has 0 saturated heterocycles. The van der Waals surface area contributed by atoms with Crippen molar-refractivity contribution in [1.82, 2.24) is 5.43 Å². The summed E-state index contributed by atoms with van der Waals surface area (Å²) in [6.07, 6.45) is 8.15. The van der Waals surface area contributed by atoms with Crippen LogP contribution in [0.15, 0.2) is 23.3 Å². The molecule has 0 aromatic heterocycles. The Bertz CT molecular complexity index is 669. The quantitative estimate of drug-likeness (QED) is 0.639. The summed E-state index contributed by atoms with van der Waals surface area (Å²) in [7, 11) is 0. The van der Waals surface area contributed by atoms with Crippen LogP contribution in [0.5, 0.6) is 0 Å². The lowest BCUT2D eigenvalue weighted by Crippen LogP contribution is -2.49. The highest BCUT2D eigenvalue weighted by molar-refractivity contribution is 5.96. The molecule has 128 valence electrons. The summed E-state index contributed by atoms with van der Waals surface area (Å²) in [4.78, 5) is 12.4. The second-order valence-corrected chi connectivity index (χ2v) is 8.64. The summed E-state index contributed by atoms with van der Waals surface area (Å²) in [6.45, 7) is 6.23. The van der Waals surface area contributed by atoms with Crippen molar-refractivity contribution >= 4 is 11.6 Å². The lowest BCUT2D eigenvalue weighted by molar-refractivity contribution is -0.0128. The maximum atomic E-state index is 12.4. The van der Waals surface area contributed by atoms with E-state index in [2.05, 4.69) is 24.4 Å². The summed E-state index contributed by atoms with van der Waals surface area (Å²) in [6, 6.07) is 5.83. The molecule has 4 aliphatic rings. The Morgan fingerprint density at radius 3 is 2.17 bits per heavy atom. The molecule has 0 aliphatic heterocycles. The van der Waals surface area contributed by atoms with Gasteiger partial charge in [-0.15, -0.1) is 0 Å². The third-order valence-electron chi connectivity index (χ3n) is 6.90. The molecule has 1 N–H and O–H groups in total. The molecule has 1 aromatic rings. The normalized spacial score (nSPS) is 34.5. The number of benzene rings is 1. The molecule has 0 atom stereocenters. The van der Waals surface area contributed by atoms with Gasteiger partial charge in [0, 0.05) is 16.7 Å². The highest BCUT2D eigenvalue weighted by atomic mass is 16.2. The van der Waals surface area contributed by atoms with Crippen LogP contribution in [0.1, 0.15) is 66.9 Å². The van der Waals surface area contributed by atoms with Crippen molar-refractivity contribution in [3.8, 4) is 0 Å². The van der Waals surface area contributed by atoms with E-state index in [0.717, 1.165) is 29.0 Å². The molecule has 4 saturated carbocycles. The Labute approximate surface area is 144 Å². The molecule has 3 nitrogen and oxygen atoms in total. The Kier molecular flexibility index (Phi) is 3.78. The van der Waals surface area contributed by atoms with Gasteiger partial charge in [0.05, 0.1) is 0 Å². The summed E-state index contributed by atoms with van der Waals surface area (Å²) < 4.78 is 0. The van der Waals surface area contributed by atoms with Crippen molar-refractivity contribution in [3.05, 3.63) is 34.9 Å². The zero-order valence-corrected chi connectivity index (χ0v) is 15.1. The van der Waals surface area contributed by atoms with E-state index >= 15 is 0 Å². The summed E-state index contributed by atoms with van der Waals surface area (Å²) >= 11 is 0. The minimum Gasteiger partial charge on any atom is -0.267 e. The number of aryl methyl sites for hydroxylation is 2. The van der Waals surface area contributed by atoms with Crippen molar-refractivity contribution in [2.45, 2.75) is 59.3 Å². The summed E-state index contributed by atoms with van der Waals surface area (Å²) in [5.41, 5.74) is 7.29. The fourth-order valence-corrected chi connectivity index (χ4v) is 5.75. The van der Waals surface area contributed by atoms with Crippen LogP contribution >= 0.6 is 0 Å². The number of hydrogen-bond donors (Lipinski definition) is 1. The Morgan fingerprint density at radius 2 is 1.62 bits per heavy atom. The van der Waals surface area contributed by atoms with Gasteiger partial charge in [-0.1, -0.05) is 6.07 Å². The largest absolute Gasteiger partial charge is 0.271 e.